The summed E-state index contributed by atoms with van der Waals surface area (Å²) in [6.45, 7) is 6.62. The molecule has 0 aromatic rings. The fourth-order valence-corrected chi connectivity index (χ4v) is 2.08. The molecule has 0 spiro atoms. The van der Waals surface area contributed by atoms with Gasteiger partial charge in [-0.05, 0) is 0 Å². The van der Waals surface area contributed by atoms with Crippen molar-refractivity contribution in [2.24, 2.45) is 0 Å². The van der Waals surface area contributed by atoms with Crippen molar-refractivity contribution in [2.45, 2.75) is 0 Å². The molecule has 0 saturated carbocycles. The zero-order chi connectivity index (χ0) is 14.9. The first kappa shape index (κ1) is 16.0. The van der Waals surface area contributed by atoms with Crippen LogP contribution in [-0.2, 0) is 9.47 Å². The number of ether oxygens (including phenoxy) is 2. The SMILES string of the molecule is O=C(NCN1CCOCC1)NC(=O)NCN1CCOCC1. The molecule has 4 amide bonds. The fourth-order valence-electron chi connectivity index (χ4n) is 2.08. The third-order valence-electron chi connectivity index (χ3n) is 3.36. The van der Waals surface area contributed by atoms with E-state index in [1.165, 1.54) is 0 Å². The second-order valence-electron chi connectivity index (χ2n) is 4.91. The minimum Gasteiger partial charge on any atom is -0.379 e. The van der Waals surface area contributed by atoms with Crippen LogP contribution in [0.5, 0.6) is 0 Å². The van der Waals surface area contributed by atoms with Gasteiger partial charge < -0.3 is 20.1 Å². The molecule has 0 aromatic carbocycles. The first-order valence-corrected chi connectivity index (χ1v) is 7.17. The van der Waals surface area contributed by atoms with Gasteiger partial charge in [0.1, 0.15) is 0 Å². The molecular formula is C12H23N5O4. The van der Waals surface area contributed by atoms with Crippen molar-refractivity contribution in [3.05, 3.63) is 0 Å². The summed E-state index contributed by atoms with van der Waals surface area (Å²) in [7, 11) is 0. The standard InChI is InChI=1S/C12H23N5O4/c18-11(13-9-16-1-5-20-6-2-16)15-12(19)14-10-17-3-7-21-8-4-17/h1-10H2,(H3,13,14,15,18,19). The Morgan fingerprint density at radius 2 is 1.14 bits per heavy atom. The second kappa shape index (κ2) is 8.78. The Morgan fingerprint density at radius 3 is 1.52 bits per heavy atom. The summed E-state index contributed by atoms with van der Waals surface area (Å²) in [6.07, 6.45) is 0. The van der Waals surface area contributed by atoms with E-state index >= 15 is 0 Å². The van der Waals surface area contributed by atoms with E-state index in [-0.39, 0.29) is 0 Å². The number of carbonyl (C=O) groups is 2. The fraction of sp³-hybridized carbons (Fsp3) is 0.833. The first-order chi connectivity index (χ1) is 10.2. The number of nitrogens with zero attached hydrogens (tertiary/aromatic N) is 2. The van der Waals surface area contributed by atoms with Crippen molar-refractivity contribution >= 4 is 12.1 Å². The largest absolute Gasteiger partial charge is 0.379 e. The average Bonchev–Trinajstić information content (AvgIpc) is 2.53. The minimum atomic E-state index is -0.499. The maximum Gasteiger partial charge on any atom is 0.323 e. The van der Waals surface area contributed by atoms with Crippen molar-refractivity contribution in [3.63, 3.8) is 0 Å². The van der Waals surface area contributed by atoms with E-state index in [2.05, 4.69) is 25.8 Å². The van der Waals surface area contributed by atoms with E-state index in [4.69, 9.17) is 9.47 Å². The molecule has 0 aromatic heterocycles. The number of urea groups is 2. The van der Waals surface area contributed by atoms with E-state index in [9.17, 15) is 9.59 Å². The Kier molecular flexibility index (Phi) is 6.67. The third-order valence-corrected chi connectivity index (χ3v) is 3.36. The van der Waals surface area contributed by atoms with Crippen molar-refractivity contribution in [3.8, 4) is 0 Å². The maximum atomic E-state index is 11.6. The Bertz CT molecular complexity index is 311. The zero-order valence-electron chi connectivity index (χ0n) is 12.1. The Hall–Kier alpha value is -1.42. The molecule has 0 bridgehead atoms. The molecule has 2 saturated heterocycles. The van der Waals surface area contributed by atoms with Crippen LogP contribution in [0.1, 0.15) is 0 Å². The summed E-state index contributed by atoms with van der Waals surface area (Å²) >= 11 is 0. The van der Waals surface area contributed by atoms with Crippen molar-refractivity contribution in [2.75, 3.05) is 65.9 Å². The van der Waals surface area contributed by atoms with Crippen LogP contribution in [0.4, 0.5) is 9.59 Å². The quantitative estimate of drug-likeness (QED) is 0.589. The van der Waals surface area contributed by atoms with E-state index in [0.717, 1.165) is 26.2 Å². The number of rotatable bonds is 4. The molecule has 2 fully saturated rings. The molecule has 21 heavy (non-hydrogen) atoms. The van der Waals surface area contributed by atoms with Gasteiger partial charge in [-0.25, -0.2) is 9.59 Å². The highest BCUT2D eigenvalue weighted by atomic mass is 16.5. The van der Waals surface area contributed by atoms with Crippen molar-refractivity contribution < 1.29 is 19.1 Å². The molecule has 2 heterocycles. The lowest BCUT2D eigenvalue weighted by Gasteiger charge is -2.27. The van der Waals surface area contributed by atoms with Gasteiger partial charge in [0.25, 0.3) is 0 Å². The van der Waals surface area contributed by atoms with Gasteiger partial charge in [0.05, 0.1) is 39.8 Å². The molecule has 3 N–H and O–H groups in total. The van der Waals surface area contributed by atoms with Gasteiger partial charge in [-0.3, -0.25) is 15.1 Å². The zero-order valence-corrected chi connectivity index (χ0v) is 12.1. The molecular weight excluding hydrogens is 278 g/mol. The lowest BCUT2D eigenvalue weighted by atomic mass is 10.4. The molecule has 2 rings (SSSR count). The maximum absolute atomic E-state index is 11.6. The highest BCUT2D eigenvalue weighted by Crippen LogP contribution is 1.94. The van der Waals surface area contributed by atoms with E-state index in [1.807, 2.05) is 0 Å². The first-order valence-electron chi connectivity index (χ1n) is 7.17. The summed E-state index contributed by atoms with van der Waals surface area (Å²) in [6, 6.07) is -0.998. The van der Waals surface area contributed by atoms with Gasteiger partial charge in [0.15, 0.2) is 0 Å². The summed E-state index contributed by atoms with van der Waals surface area (Å²) in [5.41, 5.74) is 0. The molecule has 2 aliphatic rings. The van der Waals surface area contributed by atoms with Crippen molar-refractivity contribution in [1.82, 2.24) is 25.8 Å². The van der Waals surface area contributed by atoms with E-state index in [0.29, 0.717) is 39.8 Å². The molecule has 0 unspecified atom stereocenters. The minimum absolute atomic E-state index is 0.409. The van der Waals surface area contributed by atoms with E-state index < -0.39 is 12.1 Å². The van der Waals surface area contributed by atoms with Crippen LogP contribution < -0.4 is 16.0 Å². The highest BCUT2D eigenvalue weighted by Gasteiger charge is 2.14. The van der Waals surface area contributed by atoms with Crippen molar-refractivity contribution in [1.29, 1.82) is 0 Å². The number of morpholine rings is 2. The van der Waals surface area contributed by atoms with Gasteiger partial charge in [-0.2, -0.15) is 0 Å². The number of hydrogen-bond donors (Lipinski definition) is 3. The van der Waals surface area contributed by atoms with Gasteiger partial charge in [-0.15, -0.1) is 0 Å². The Morgan fingerprint density at radius 1 is 0.762 bits per heavy atom. The summed E-state index contributed by atoms with van der Waals surface area (Å²) in [4.78, 5) is 27.2. The smallest absolute Gasteiger partial charge is 0.323 e. The normalized spacial score (nSPS) is 20.8. The lowest BCUT2D eigenvalue weighted by Crippen LogP contribution is -2.52. The topological polar surface area (TPSA) is 95.2 Å². The predicted octanol–water partition coefficient (Wildman–Crippen LogP) is -1.43. The highest BCUT2D eigenvalue weighted by molar-refractivity contribution is 5.93. The van der Waals surface area contributed by atoms with Crippen LogP contribution in [0.15, 0.2) is 0 Å². The molecule has 9 nitrogen and oxygen atoms in total. The van der Waals surface area contributed by atoms with Crippen LogP contribution >= 0.6 is 0 Å². The van der Waals surface area contributed by atoms with Gasteiger partial charge in [0, 0.05) is 26.2 Å². The van der Waals surface area contributed by atoms with Crippen LogP contribution in [0, 0.1) is 0 Å². The lowest BCUT2D eigenvalue weighted by molar-refractivity contribution is 0.0351. The monoisotopic (exact) mass is 301 g/mol. The Labute approximate surface area is 123 Å². The van der Waals surface area contributed by atoms with Crippen LogP contribution in [0.3, 0.4) is 0 Å². The van der Waals surface area contributed by atoms with Crippen LogP contribution in [-0.4, -0.2) is 87.8 Å². The number of carbonyl (C=O) groups excluding carboxylic acids is 2. The van der Waals surface area contributed by atoms with E-state index in [1.54, 1.807) is 0 Å². The number of nitrogens with one attached hydrogen (secondary N) is 3. The average molecular weight is 301 g/mol. The molecule has 0 radical (unpaired) electrons. The van der Waals surface area contributed by atoms with Gasteiger partial charge >= 0.3 is 12.1 Å². The summed E-state index contributed by atoms with van der Waals surface area (Å²) < 4.78 is 10.4. The predicted molar refractivity (Wildman–Crippen MR) is 74.7 cm³/mol. The number of hydrogen-bond acceptors (Lipinski definition) is 6. The molecule has 9 heteroatoms. The third kappa shape index (κ3) is 6.25. The molecule has 2 aliphatic heterocycles. The molecule has 0 aliphatic carbocycles. The number of imide groups is 1. The molecule has 0 atom stereocenters. The Balaban J connectivity index is 1.54. The van der Waals surface area contributed by atoms with Crippen LogP contribution in [0.2, 0.25) is 0 Å². The van der Waals surface area contributed by atoms with Gasteiger partial charge in [0.2, 0.25) is 0 Å². The second-order valence-corrected chi connectivity index (χ2v) is 4.91. The van der Waals surface area contributed by atoms with Gasteiger partial charge in [-0.1, -0.05) is 0 Å². The molecule has 120 valence electrons. The summed E-state index contributed by atoms with van der Waals surface area (Å²) in [5, 5.41) is 7.54. The summed E-state index contributed by atoms with van der Waals surface area (Å²) in [5.74, 6) is 0. The van der Waals surface area contributed by atoms with Crippen LogP contribution in [0.25, 0.3) is 0 Å². The number of amides is 4.